The highest BCUT2D eigenvalue weighted by Gasteiger charge is 2.42. The van der Waals surface area contributed by atoms with E-state index in [0.29, 0.717) is 49.1 Å². The topological polar surface area (TPSA) is 115 Å². The molecule has 1 heterocycles. The minimum Gasteiger partial charge on any atom is -0.497 e. The monoisotopic (exact) mass is 706 g/mol. The van der Waals surface area contributed by atoms with E-state index in [0.717, 1.165) is 23.2 Å². The lowest BCUT2D eigenvalue weighted by molar-refractivity contribution is -0.177. The lowest BCUT2D eigenvalue weighted by atomic mass is 9.91. The van der Waals surface area contributed by atoms with Crippen molar-refractivity contribution >= 4 is 22.2 Å². The SMILES string of the molecule is COc1cc(C[C@H]2NC(=O)N[C@H](Cc3cc(OC)cc(OC)c3)[C@H](OCOCC[Si](C)(C)C)[C@H]2OCOCC[Si](C)(C)C)cc(OC)c1. The zero-order valence-electron chi connectivity index (χ0n) is 30.6. The highest BCUT2D eigenvalue weighted by molar-refractivity contribution is 6.76. The van der Waals surface area contributed by atoms with Crippen LogP contribution in [-0.4, -0.2) is 102 Å². The molecule has 4 atom stereocenters. The largest absolute Gasteiger partial charge is 0.497 e. The fourth-order valence-electron chi connectivity index (χ4n) is 5.36. The molecule has 0 spiro atoms. The van der Waals surface area contributed by atoms with Crippen molar-refractivity contribution in [3.8, 4) is 23.0 Å². The number of hydrogen-bond donors (Lipinski definition) is 2. The molecule has 2 N–H and O–H groups in total. The molecule has 1 saturated heterocycles. The van der Waals surface area contributed by atoms with Crippen LogP contribution in [0.25, 0.3) is 0 Å². The Hall–Kier alpha value is -2.82. The second-order valence-corrected chi connectivity index (χ2v) is 25.9. The Labute approximate surface area is 289 Å². The lowest BCUT2D eigenvalue weighted by Gasteiger charge is -2.34. The van der Waals surface area contributed by atoms with Gasteiger partial charge in [0.2, 0.25) is 0 Å². The van der Waals surface area contributed by atoms with Gasteiger partial charge in [0.1, 0.15) is 48.8 Å². The van der Waals surface area contributed by atoms with Crippen molar-refractivity contribution in [3.05, 3.63) is 47.5 Å². The molecule has 2 aromatic rings. The predicted octanol–water partition coefficient (Wildman–Crippen LogP) is 5.95. The number of nitrogens with one attached hydrogen (secondary N) is 2. The number of methoxy groups -OCH3 is 4. The van der Waals surface area contributed by atoms with Gasteiger partial charge in [-0.25, -0.2) is 4.79 Å². The van der Waals surface area contributed by atoms with Crippen molar-refractivity contribution in [2.45, 2.75) is 88.5 Å². The number of amides is 2. The maximum atomic E-state index is 13.6. The van der Waals surface area contributed by atoms with Crippen molar-refractivity contribution in [2.75, 3.05) is 55.2 Å². The Morgan fingerprint density at radius 3 is 1.19 bits per heavy atom. The van der Waals surface area contributed by atoms with Gasteiger partial charge < -0.3 is 48.5 Å². The third-order valence-electron chi connectivity index (χ3n) is 8.16. The Balaban J connectivity index is 1.98. The van der Waals surface area contributed by atoms with E-state index in [-0.39, 0.29) is 19.6 Å². The normalized spacial score (nSPS) is 20.0. The number of carbonyl (C=O) groups excluding carboxylic acids is 1. The Morgan fingerprint density at radius 2 is 0.896 bits per heavy atom. The van der Waals surface area contributed by atoms with Gasteiger partial charge in [-0.1, -0.05) is 39.3 Å². The first-order valence-corrected chi connectivity index (χ1v) is 24.0. The molecular weight excluding hydrogens is 649 g/mol. The van der Waals surface area contributed by atoms with Crippen LogP contribution >= 0.6 is 0 Å². The van der Waals surface area contributed by atoms with Crippen LogP contribution in [0.1, 0.15) is 11.1 Å². The van der Waals surface area contributed by atoms with E-state index in [9.17, 15) is 4.79 Å². The summed E-state index contributed by atoms with van der Waals surface area (Å²) in [5.74, 6) is 2.62. The van der Waals surface area contributed by atoms with Gasteiger partial charge in [-0.2, -0.15) is 0 Å². The predicted molar refractivity (Wildman–Crippen MR) is 193 cm³/mol. The van der Waals surface area contributed by atoms with E-state index in [2.05, 4.69) is 49.9 Å². The van der Waals surface area contributed by atoms with Crippen LogP contribution in [0.5, 0.6) is 23.0 Å². The van der Waals surface area contributed by atoms with Crippen LogP contribution in [0.15, 0.2) is 36.4 Å². The lowest BCUT2D eigenvalue weighted by Crippen LogP contribution is -2.52. The molecular formula is C35H58N2O9Si2. The van der Waals surface area contributed by atoms with Crippen LogP contribution in [-0.2, 0) is 31.8 Å². The minimum absolute atomic E-state index is 0.0546. The molecule has 2 aromatic carbocycles. The number of carbonyl (C=O) groups is 1. The standard InChI is InChI=1S/C35H58N2O9Si2/c1-39-27-15-25(16-28(21-27)40-2)19-31-33(45-23-43-11-13-47(5,6)7)34(46-24-44-12-14-48(8,9)10)32(37-35(38)36-31)20-26-17-29(41-3)22-30(18-26)42-4/h15-18,21-22,31-34H,11-14,19-20,23-24H2,1-10H3,(H2,36,37,38)/t31-,32-,33+,34+/m1/s1. The molecule has 2 amide bonds. The number of hydrogen-bond acceptors (Lipinski definition) is 9. The number of ether oxygens (including phenoxy) is 8. The maximum Gasteiger partial charge on any atom is 0.315 e. The van der Waals surface area contributed by atoms with E-state index in [1.54, 1.807) is 28.4 Å². The third-order valence-corrected chi connectivity index (χ3v) is 11.6. The van der Waals surface area contributed by atoms with E-state index in [4.69, 9.17) is 37.9 Å². The van der Waals surface area contributed by atoms with Gasteiger partial charge in [-0.15, -0.1) is 0 Å². The maximum absolute atomic E-state index is 13.6. The van der Waals surface area contributed by atoms with Crippen LogP contribution in [0, 0.1) is 0 Å². The molecule has 1 aliphatic heterocycles. The highest BCUT2D eigenvalue weighted by atomic mass is 28.3. The van der Waals surface area contributed by atoms with Crippen LogP contribution in [0.2, 0.25) is 51.4 Å². The Morgan fingerprint density at radius 1 is 0.562 bits per heavy atom. The zero-order chi connectivity index (χ0) is 35.3. The molecule has 270 valence electrons. The summed E-state index contributed by atoms with van der Waals surface area (Å²) >= 11 is 0. The second kappa shape index (κ2) is 18.8. The van der Waals surface area contributed by atoms with Crippen molar-refractivity contribution in [1.29, 1.82) is 0 Å². The summed E-state index contributed by atoms with van der Waals surface area (Å²) in [6.07, 6.45) is -0.357. The highest BCUT2D eigenvalue weighted by Crippen LogP contribution is 2.29. The summed E-state index contributed by atoms with van der Waals surface area (Å²) in [6, 6.07) is 12.1. The van der Waals surface area contributed by atoms with E-state index < -0.39 is 40.4 Å². The summed E-state index contributed by atoms with van der Waals surface area (Å²) in [6.45, 7) is 15.2. The van der Waals surface area contributed by atoms with E-state index in [1.165, 1.54) is 0 Å². The van der Waals surface area contributed by atoms with Crippen LogP contribution < -0.4 is 29.6 Å². The molecule has 48 heavy (non-hydrogen) atoms. The molecule has 1 fully saturated rings. The van der Waals surface area contributed by atoms with Gasteiger partial charge >= 0.3 is 6.03 Å². The van der Waals surface area contributed by atoms with Gasteiger partial charge in [0.15, 0.2) is 0 Å². The first-order valence-electron chi connectivity index (χ1n) is 16.6. The summed E-state index contributed by atoms with van der Waals surface area (Å²) in [4.78, 5) is 13.6. The Kier molecular flexibility index (Phi) is 15.5. The summed E-state index contributed by atoms with van der Waals surface area (Å²) in [7, 11) is 3.86. The number of benzene rings is 2. The summed E-state index contributed by atoms with van der Waals surface area (Å²) < 4.78 is 47.3. The summed E-state index contributed by atoms with van der Waals surface area (Å²) in [5.41, 5.74) is 1.82. The van der Waals surface area contributed by atoms with Crippen molar-refractivity contribution in [3.63, 3.8) is 0 Å². The molecule has 11 nitrogen and oxygen atoms in total. The van der Waals surface area contributed by atoms with Crippen molar-refractivity contribution in [1.82, 2.24) is 10.6 Å². The molecule has 0 bridgehead atoms. The third kappa shape index (κ3) is 13.6. The van der Waals surface area contributed by atoms with Gasteiger partial charge in [0.05, 0.1) is 40.5 Å². The fraction of sp³-hybridized carbons (Fsp3) is 0.629. The average Bonchev–Trinajstić information content (AvgIpc) is 3.14. The molecule has 0 aromatic heterocycles. The van der Waals surface area contributed by atoms with Gasteiger partial charge in [-0.3, -0.25) is 0 Å². The van der Waals surface area contributed by atoms with Crippen LogP contribution in [0.4, 0.5) is 4.79 Å². The van der Waals surface area contributed by atoms with E-state index >= 15 is 0 Å². The first kappa shape index (κ1) is 39.6. The smallest absolute Gasteiger partial charge is 0.315 e. The van der Waals surface area contributed by atoms with Crippen LogP contribution in [0.3, 0.4) is 0 Å². The summed E-state index contributed by atoms with van der Waals surface area (Å²) in [5, 5.41) is 6.32. The van der Waals surface area contributed by atoms with Gasteiger partial charge in [-0.05, 0) is 60.3 Å². The number of urea groups is 1. The van der Waals surface area contributed by atoms with Crippen molar-refractivity contribution in [2.24, 2.45) is 0 Å². The minimum atomic E-state index is -1.30. The average molecular weight is 707 g/mol. The first-order chi connectivity index (χ1) is 22.7. The quantitative estimate of drug-likeness (QED) is 0.0980. The molecule has 0 saturated carbocycles. The van der Waals surface area contributed by atoms with E-state index in [1.807, 2.05) is 36.4 Å². The second-order valence-electron chi connectivity index (χ2n) is 14.6. The zero-order valence-corrected chi connectivity index (χ0v) is 32.6. The fourth-order valence-corrected chi connectivity index (χ4v) is 6.87. The molecule has 0 aliphatic carbocycles. The molecule has 0 unspecified atom stereocenters. The Bertz CT molecular complexity index is 1150. The van der Waals surface area contributed by atoms with Gasteiger partial charge in [0, 0.05) is 41.5 Å². The van der Waals surface area contributed by atoms with Gasteiger partial charge in [0.25, 0.3) is 0 Å². The number of rotatable bonds is 20. The van der Waals surface area contributed by atoms with Crippen molar-refractivity contribution < 1.29 is 42.7 Å². The molecule has 0 radical (unpaired) electrons. The molecule has 3 rings (SSSR count). The molecule has 1 aliphatic rings. The molecule has 13 heteroatoms.